The molecule has 0 spiro atoms. The Morgan fingerprint density at radius 1 is 1.16 bits per heavy atom. The Hall–Kier alpha value is -4.07. The second-order valence-electron chi connectivity index (χ2n) is 11.4. The van der Waals surface area contributed by atoms with Crippen molar-refractivity contribution >= 4 is 27.5 Å². The van der Waals surface area contributed by atoms with E-state index < -0.39 is 11.6 Å². The van der Waals surface area contributed by atoms with E-state index in [1.807, 2.05) is 4.90 Å². The first-order valence-electron chi connectivity index (χ1n) is 14.8. The molecule has 8 nitrogen and oxygen atoms in total. The van der Waals surface area contributed by atoms with Crippen LogP contribution in [0.2, 0.25) is 0 Å². The summed E-state index contributed by atoms with van der Waals surface area (Å²) in [5.41, 5.74) is 0.0835. The van der Waals surface area contributed by atoms with Gasteiger partial charge in [0, 0.05) is 42.2 Å². The van der Waals surface area contributed by atoms with E-state index in [-0.39, 0.29) is 44.9 Å². The average molecular weight is 588 g/mol. The fourth-order valence-electron chi connectivity index (χ4n) is 5.93. The van der Waals surface area contributed by atoms with Gasteiger partial charge in [0.1, 0.15) is 28.6 Å². The van der Waals surface area contributed by atoms with Gasteiger partial charge in [0.15, 0.2) is 5.82 Å². The molecule has 0 bridgehead atoms. The summed E-state index contributed by atoms with van der Waals surface area (Å²) in [7, 11) is 0. The van der Waals surface area contributed by atoms with E-state index in [4.69, 9.17) is 20.9 Å². The van der Waals surface area contributed by atoms with Gasteiger partial charge in [-0.3, -0.25) is 4.98 Å². The van der Waals surface area contributed by atoms with Crippen molar-refractivity contribution in [3.8, 4) is 35.4 Å². The van der Waals surface area contributed by atoms with Gasteiger partial charge in [0.2, 0.25) is 0 Å². The summed E-state index contributed by atoms with van der Waals surface area (Å²) in [5, 5.41) is 11.6. The van der Waals surface area contributed by atoms with Crippen molar-refractivity contribution in [1.29, 1.82) is 0 Å². The standard InChI is InChI=1S/C33H35F2N5O3/c1-4-11-39(6-3)19-33(9-10-33)20-43-32-37-30-25(31(38-32)40-12-14-42-15-13-40)18-36-29(28(30)35)24-17-22(41)16-21-7-8-26(34)23(5-2)27(21)24/h2,7-8,16-18,41H,4,6,9-15,19-20H2,1,3H3. The van der Waals surface area contributed by atoms with E-state index in [9.17, 15) is 9.50 Å². The number of phenols is 1. The number of halogens is 2. The van der Waals surface area contributed by atoms with Gasteiger partial charge in [-0.05, 0) is 55.9 Å². The zero-order chi connectivity index (χ0) is 30.1. The average Bonchev–Trinajstić information content (AvgIpc) is 3.79. The molecule has 43 heavy (non-hydrogen) atoms. The molecular weight excluding hydrogens is 552 g/mol. The van der Waals surface area contributed by atoms with Crippen molar-refractivity contribution < 1.29 is 23.4 Å². The minimum absolute atomic E-state index is 0.0256. The lowest BCUT2D eigenvalue weighted by Gasteiger charge is -2.29. The van der Waals surface area contributed by atoms with Gasteiger partial charge in [-0.2, -0.15) is 9.97 Å². The zero-order valence-electron chi connectivity index (χ0n) is 24.5. The molecule has 1 saturated carbocycles. The first-order chi connectivity index (χ1) is 20.9. The number of aromatic hydroxyl groups is 1. The highest BCUT2D eigenvalue weighted by molar-refractivity contribution is 6.03. The summed E-state index contributed by atoms with van der Waals surface area (Å²) in [6, 6.07) is 5.60. The van der Waals surface area contributed by atoms with E-state index in [0.717, 1.165) is 38.9 Å². The molecule has 1 N–H and O–H groups in total. The predicted molar refractivity (Wildman–Crippen MR) is 162 cm³/mol. The predicted octanol–water partition coefficient (Wildman–Crippen LogP) is 5.54. The smallest absolute Gasteiger partial charge is 0.319 e. The minimum Gasteiger partial charge on any atom is -0.508 e. The molecular formula is C33H35F2N5O3. The molecule has 1 saturated heterocycles. The quantitative estimate of drug-likeness (QED) is 0.242. The molecule has 2 aliphatic rings. The maximum absolute atomic E-state index is 16.6. The molecule has 3 heterocycles. The first-order valence-corrected chi connectivity index (χ1v) is 14.8. The van der Waals surface area contributed by atoms with Gasteiger partial charge >= 0.3 is 6.01 Å². The summed E-state index contributed by atoms with van der Waals surface area (Å²) < 4.78 is 43.1. The number of phenolic OH excluding ortho intramolecular Hbond substituents is 1. The Balaban J connectivity index is 1.45. The van der Waals surface area contributed by atoms with Crippen LogP contribution in [0.15, 0.2) is 30.5 Å². The molecule has 224 valence electrons. The van der Waals surface area contributed by atoms with E-state index >= 15 is 4.39 Å². The third-order valence-corrected chi connectivity index (χ3v) is 8.42. The highest BCUT2D eigenvalue weighted by Crippen LogP contribution is 2.47. The van der Waals surface area contributed by atoms with Crippen LogP contribution < -0.4 is 9.64 Å². The Morgan fingerprint density at radius 2 is 1.95 bits per heavy atom. The van der Waals surface area contributed by atoms with Gasteiger partial charge in [-0.15, -0.1) is 6.42 Å². The second kappa shape index (κ2) is 11.9. The Bertz CT molecular complexity index is 1710. The van der Waals surface area contributed by atoms with E-state index in [0.29, 0.717) is 49.5 Å². The molecule has 2 aromatic carbocycles. The van der Waals surface area contributed by atoms with Crippen LogP contribution in [0.4, 0.5) is 14.6 Å². The molecule has 1 aliphatic carbocycles. The summed E-state index contributed by atoms with van der Waals surface area (Å²) in [5.74, 6) is 1.41. The van der Waals surface area contributed by atoms with Gasteiger partial charge < -0.3 is 24.4 Å². The number of benzene rings is 2. The first kappa shape index (κ1) is 29.0. The fourth-order valence-corrected chi connectivity index (χ4v) is 5.93. The third kappa shape index (κ3) is 5.67. The highest BCUT2D eigenvalue weighted by atomic mass is 19.1. The molecule has 2 fully saturated rings. The fraction of sp³-hybridized carbons (Fsp3) is 0.424. The number of morpholine rings is 1. The molecule has 0 atom stereocenters. The number of fused-ring (bicyclic) bond motifs is 2. The van der Waals surface area contributed by atoms with Gasteiger partial charge in [0.25, 0.3) is 0 Å². The summed E-state index contributed by atoms with van der Waals surface area (Å²) >= 11 is 0. The Kier molecular flexibility index (Phi) is 8.03. The number of rotatable bonds is 10. The van der Waals surface area contributed by atoms with Crippen LogP contribution in [0.3, 0.4) is 0 Å². The van der Waals surface area contributed by atoms with Gasteiger partial charge in [-0.25, -0.2) is 8.78 Å². The van der Waals surface area contributed by atoms with Crippen LogP contribution in [-0.4, -0.2) is 77.5 Å². The van der Waals surface area contributed by atoms with Crippen LogP contribution >= 0.6 is 0 Å². The minimum atomic E-state index is -0.736. The van der Waals surface area contributed by atoms with Crippen molar-refractivity contribution in [2.24, 2.45) is 5.41 Å². The number of pyridine rings is 1. The number of hydrogen-bond donors (Lipinski definition) is 1. The number of nitrogens with zero attached hydrogens (tertiary/aromatic N) is 5. The molecule has 0 unspecified atom stereocenters. The van der Waals surface area contributed by atoms with Crippen LogP contribution in [-0.2, 0) is 4.74 Å². The maximum atomic E-state index is 16.6. The largest absolute Gasteiger partial charge is 0.508 e. The molecule has 0 radical (unpaired) electrons. The molecule has 1 aliphatic heterocycles. The van der Waals surface area contributed by atoms with Crippen LogP contribution in [0.1, 0.15) is 38.7 Å². The molecule has 2 aromatic heterocycles. The van der Waals surface area contributed by atoms with E-state index in [2.05, 4.69) is 34.6 Å². The Labute approximate surface area is 249 Å². The van der Waals surface area contributed by atoms with E-state index in [1.165, 1.54) is 30.5 Å². The third-order valence-electron chi connectivity index (χ3n) is 8.42. The topological polar surface area (TPSA) is 83.8 Å². The molecule has 6 rings (SSSR count). The van der Waals surface area contributed by atoms with Gasteiger partial charge in [0.05, 0.1) is 30.8 Å². The maximum Gasteiger partial charge on any atom is 0.319 e. The summed E-state index contributed by atoms with van der Waals surface area (Å²) in [6.07, 6.45) is 10.4. The summed E-state index contributed by atoms with van der Waals surface area (Å²) in [6.45, 7) is 9.88. The van der Waals surface area contributed by atoms with Gasteiger partial charge in [-0.1, -0.05) is 25.8 Å². The SMILES string of the molecule is C#Cc1c(F)ccc2cc(O)cc(-c3ncc4c(N5CCOCC5)nc(OCC5(CN(CC)CCC)CC5)nc4c3F)c12. The monoisotopic (exact) mass is 587 g/mol. The van der Waals surface area contributed by atoms with Crippen LogP contribution in [0.25, 0.3) is 32.9 Å². The van der Waals surface area contributed by atoms with Crippen molar-refractivity contribution in [2.45, 2.75) is 33.1 Å². The summed E-state index contributed by atoms with van der Waals surface area (Å²) in [4.78, 5) is 18.2. The lowest BCUT2D eigenvalue weighted by atomic mass is 9.96. The number of anilines is 1. The van der Waals surface area contributed by atoms with Crippen molar-refractivity contribution in [1.82, 2.24) is 19.9 Å². The number of terminal acetylenes is 1. The number of ether oxygens (including phenoxy) is 2. The van der Waals surface area contributed by atoms with Crippen LogP contribution in [0, 0.1) is 29.4 Å². The van der Waals surface area contributed by atoms with Crippen molar-refractivity contribution in [2.75, 3.05) is 57.4 Å². The molecule has 0 amide bonds. The van der Waals surface area contributed by atoms with Crippen molar-refractivity contribution in [3.05, 3.63) is 47.7 Å². The lowest BCUT2D eigenvalue weighted by molar-refractivity contribution is 0.122. The molecule has 4 aromatic rings. The number of hydrogen-bond acceptors (Lipinski definition) is 8. The lowest BCUT2D eigenvalue weighted by Crippen LogP contribution is -2.37. The normalized spacial score (nSPS) is 16.1. The second-order valence-corrected chi connectivity index (χ2v) is 11.4. The number of aromatic nitrogens is 3. The highest BCUT2D eigenvalue weighted by Gasteiger charge is 2.44. The van der Waals surface area contributed by atoms with E-state index in [1.54, 1.807) is 0 Å². The van der Waals surface area contributed by atoms with Crippen molar-refractivity contribution in [3.63, 3.8) is 0 Å². The van der Waals surface area contributed by atoms with Crippen LogP contribution in [0.5, 0.6) is 11.8 Å². The Morgan fingerprint density at radius 3 is 2.65 bits per heavy atom. The zero-order valence-corrected chi connectivity index (χ0v) is 24.5. The molecule has 10 heteroatoms.